The fourth-order valence-corrected chi connectivity index (χ4v) is 3.14. The van der Waals surface area contributed by atoms with E-state index in [0.717, 1.165) is 32.8 Å². The molecule has 1 atom stereocenters. The van der Waals surface area contributed by atoms with Gasteiger partial charge in [0.05, 0.1) is 13.2 Å². The van der Waals surface area contributed by atoms with Gasteiger partial charge < -0.3 is 10.1 Å². The molecule has 0 saturated carbocycles. The Morgan fingerprint density at radius 3 is 2.06 bits per heavy atom. The third kappa shape index (κ3) is 3.67. The van der Waals surface area contributed by atoms with Crippen LogP contribution in [-0.2, 0) is 4.74 Å². The van der Waals surface area contributed by atoms with E-state index in [1.165, 1.54) is 0 Å². The van der Waals surface area contributed by atoms with Crippen molar-refractivity contribution in [3.05, 3.63) is 0 Å². The zero-order chi connectivity index (χ0) is 13.1. The lowest BCUT2D eigenvalue weighted by molar-refractivity contribution is -0.0392. The van der Waals surface area contributed by atoms with E-state index in [9.17, 15) is 0 Å². The largest absolute Gasteiger partial charge is 0.379 e. The first-order chi connectivity index (χ1) is 7.80. The predicted octanol–water partition coefficient (Wildman–Crippen LogP) is 2.12. The summed E-state index contributed by atoms with van der Waals surface area (Å²) in [6, 6.07) is 0.484. The molecule has 0 amide bonds. The highest BCUT2D eigenvalue weighted by molar-refractivity contribution is 4.99. The van der Waals surface area contributed by atoms with Crippen LogP contribution >= 0.6 is 0 Å². The van der Waals surface area contributed by atoms with E-state index in [0.29, 0.717) is 6.04 Å². The van der Waals surface area contributed by atoms with Gasteiger partial charge in [0.25, 0.3) is 0 Å². The van der Waals surface area contributed by atoms with E-state index in [-0.39, 0.29) is 11.0 Å². The van der Waals surface area contributed by atoms with Crippen LogP contribution in [0.3, 0.4) is 0 Å². The van der Waals surface area contributed by atoms with Crippen molar-refractivity contribution in [2.24, 2.45) is 5.41 Å². The van der Waals surface area contributed by atoms with Crippen molar-refractivity contribution in [2.45, 2.75) is 53.1 Å². The Labute approximate surface area is 107 Å². The van der Waals surface area contributed by atoms with Crippen molar-refractivity contribution in [1.29, 1.82) is 0 Å². The molecular formula is C14H30N2O. The van der Waals surface area contributed by atoms with E-state index in [1.807, 2.05) is 0 Å². The van der Waals surface area contributed by atoms with Crippen molar-refractivity contribution in [3.63, 3.8) is 0 Å². The summed E-state index contributed by atoms with van der Waals surface area (Å²) in [6.45, 7) is 18.7. The van der Waals surface area contributed by atoms with E-state index < -0.39 is 0 Å². The maximum absolute atomic E-state index is 5.46. The van der Waals surface area contributed by atoms with Crippen molar-refractivity contribution in [1.82, 2.24) is 10.2 Å². The van der Waals surface area contributed by atoms with Crippen LogP contribution in [0.15, 0.2) is 0 Å². The molecule has 1 aliphatic heterocycles. The summed E-state index contributed by atoms with van der Waals surface area (Å²) in [4.78, 5) is 2.56. The molecule has 1 heterocycles. The number of likely N-dealkylation sites (N-methyl/N-ethyl adjacent to an activating group) is 1. The second-order valence-electron chi connectivity index (χ2n) is 6.61. The molecule has 0 aromatic heterocycles. The molecule has 1 rings (SSSR count). The maximum Gasteiger partial charge on any atom is 0.0594 e. The predicted molar refractivity (Wildman–Crippen MR) is 73.4 cm³/mol. The number of rotatable bonds is 4. The summed E-state index contributed by atoms with van der Waals surface area (Å²) in [7, 11) is 0. The summed E-state index contributed by atoms with van der Waals surface area (Å²) in [5.41, 5.74) is 0.426. The van der Waals surface area contributed by atoms with Crippen LogP contribution in [0.4, 0.5) is 0 Å². The Kier molecular flexibility index (Phi) is 4.99. The third-order valence-corrected chi connectivity index (χ3v) is 3.81. The third-order valence-electron chi connectivity index (χ3n) is 3.81. The van der Waals surface area contributed by atoms with Gasteiger partial charge in [-0.25, -0.2) is 0 Å². The average molecular weight is 242 g/mol. The summed E-state index contributed by atoms with van der Waals surface area (Å²) in [5, 5.41) is 3.68. The summed E-state index contributed by atoms with van der Waals surface area (Å²) in [5.74, 6) is 0. The highest BCUT2D eigenvalue weighted by Gasteiger charge is 2.41. The SMILES string of the molecule is CCNC(C(C)(C)C)C(C)(C)N1CCOCC1. The number of ether oxygens (including phenoxy) is 1. The average Bonchev–Trinajstić information content (AvgIpc) is 2.25. The van der Waals surface area contributed by atoms with Gasteiger partial charge in [-0.1, -0.05) is 27.7 Å². The Bertz CT molecular complexity index is 227. The standard InChI is InChI=1S/C14H30N2O/c1-7-15-12(13(2,3)4)14(5,6)16-8-10-17-11-9-16/h12,15H,7-11H2,1-6H3. The molecule has 3 heteroatoms. The molecular weight excluding hydrogens is 212 g/mol. The molecule has 0 aromatic rings. The molecule has 0 radical (unpaired) electrons. The van der Waals surface area contributed by atoms with Crippen LogP contribution < -0.4 is 5.32 Å². The highest BCUT2D eigenvalue weighted by atomic mass is 16.5. The van der Waals surface area contributed by atoms with Gasteiger partial charge in [0.15, 0.2) is 0 Å². The maximum atomic E-state index is 5.46. The molecule has 1 N–H and O–H groups in total. The monoisotopic (exact) mass is 242 g/mol. The van der Waals surface area contributed by atoms with E-state index >= 15 is 0 Å². The quantitative estimate of drug-likeness (QED) is 0.817. The van der Waals surface area contributed by atoms with E-state index in [2.05, 4.69) is 51.8 Å². The van der Waals surface area contributed by atoms with Gasteiger partial charge in [-0.2, -0.15) is 0 Å². The molecule has 102 valence electrons. The number of hydrogen-bond donors (Lipinski definition) is 1. The fourth-order valence-electron chi connectivity index (χ4n) is 3.14. The van der Waals surface area contributed by atoms with Gasteiger partial charge in [-0.3, -0.25) is 4.90 Å². The van der Waals surface area contributed by atoms with Gasteiger partial charge in [0, 0.05) is 24.7 Å². The minimum absolute atomic E-state index is 0.165. The van der Waals surface area contributed by atoms with E-state index in [4.69, 9.17) is 4.74 Å². The lowest BCUT2D eigenvalue weighted by Crippen LogP contribution is -2.64. The fraction of sp³-hybridized carbons (Fsp3) is 1.00. The van der Waals surface area contributed by atoms with Gasteiger partial charge in [0.1, 0.15) is 0 Å². The molecule has 3 nitrogen and oxygen atoms in total. The van der Waals surface area contributed by atoms with Crippen LogP contribution in [0, 0.1) is 5.41 Å². The number of nitrogens with zero attached hydrogens (tertiary/aromatic N) is 1. The second-order valence-corrected chi connectivity index (χ2v) is 6.61. The van der Waals surface area contributed by atoms with Crippen molar-refractivity contribution in [3.8, 4) is 0 Å². The summed E-state index contributed by atoms with van der Waals surface area (Å²) >= 11 is 0. The second kappa shape index (κ2) is 5.68. The van der Waals surface area contributed by atoms with Crippen LogP contribution in [0.5, 0.6) is 0 Å². The summed E-state index contributed by atoms with van der Waals surface area (Å²) < 4.78 is 5.46. The van der Waals surface area contributed by atoms with Gasteiger partial charge >= 0.3 is 0 Å². The van der Waals surface area contributed by atoms with Crippen LogP contribution in [-0.4, -0.2) is 49.3 Å². The van der Waals surface area contributed by atoms with Crippen molar-refractivity contribution >= 4 is 0 Å². The molecule has 0 bridgehead atoms. The Hall–Kier alpha value is -0.120. The lowest BCUT2D eigenvalue weighted by Gasteiger charge is -2.50. The Morgan fingerprint density at radius 2 is 1.65 bits per heavy atom. The molecule has 1 aliphatic rings. The minimum atomic E-state index is 0.165. The molecule has 17 heavy (non-hydrogen) atoms. The highest BCUT2D eigenvalue weighted by Crippen LogP contribution is 2.32. The first-order valence-electron chi connectivity index (χ1n) is 6.86. The number of hydrogen-bond acceptors (Lipinski definition) is 3. The van der Waals surface area contributed by atoms with Gasteiger partial charge in [-0.05, 0) is 25.8 Å². The molecule has 0 aliphatic carbocycles. The van der Waals surface area contributed by atoms with Crippen molar-refractivity contribution < 1.29 is 4.74 Å². The van der Waals surface area contributed by atoms with Crippen molar-refractivity contribution in [2.75, 3.05) is 32.8 Å². The lowest BCUT2D eigenvalue weighted by atomic mass is 9.75. The van der Waals surface area contributed by atoms with Crippen LogP contribution in [0.2, 0.25) is 0 Å². The first kappa shape index (κ1) is 14.9. The molecule has 0 aromatic carbocycles. The Balaban J connectivity index is 2.82. The molecule has 1 unspecified atom stereocenters. The normalized spacial score (nSPS) is 21.5. The topological polar surface area (TPSA) is 24.5 Å². The molecule has 0 spiro atoms. The smallest absolute Gasteiger partial charge is 0.0594 e. The van der Waals surface area contributed by atoms with Crippen LogP contribution in [0.25, 0.3) is 0 Å². The number of morpholine rings is 1. The van der Waals surface area contributed by atoms with Gasteiger partial charge in [0.2, 0.25) is 0 Å². The zero-order valence-corrected chi connectivity index (χ0v) is 12.5. The zero-order valence-electron chi connectivity index (χ0n) is 12.5. The Morgan fingerprint density at radius 1 is 1.12 bits per heavy atom. The molecule has 1 fully saturated rings. The number of nitrogens with one attached hydrogen (secondary N) is 1. The molecule has 1 saturated heterocycles. The first-order valence-corrected chi connectivity index (χ1v) is 6.86. The van der Waals surface area contributed by atoms with Gasteiger partial charge in [-0.15, -0.1) is 0 Å². The minimum Gasteiger partial charge on any atom is -0.379 e. The van der Waals surface area contributed by atoms with Crippen LogP contribution in [0.1, 0.15) is 41.5 Å². The van der Waals surface area contributed by atoms with E-state index in [1.54, 1.807) is 0 Å². The summed E-state index contributed by atoms with van der Waals surface area (Å²) in [6.07, 6.45) is 0.